The van der Waals surface area contributed by atoms with Crippen LogP contribution in [0.15, 0.2) is 71.3 Å². The number of hydrogen-bond donors (Lipinski definition) is 1. The molecule has 0 fully saturated rings. The lowest BCUT2D eigenvalue weighted by Gasteiger charge is -2.11. The van der Waals surface area contributed by atoms with Crippen LogP contribution in [0.3, 0.4) is 0 Å². The Bertz CT molecular complexity index is 1070. The zero-order valence-electron chi connectivity index (χ0n) is 15.2. The molecular weight excluding hydrogens is 340 g/mol. The highest BCUT2D eigenvalue weighted by molar-refractivity contribution is 6.05. The average Bonchev–Trinajstić information content (AvgIpc) is 3.27. The summed E-state index contributed by atoms with van der Waals surface area (Å²) in [7, 11) is 1.61. The van der Waals surface area contributed by atoms with Crippen LogP contribution in [0, 0.1) is 6.92 Å². The minimum atomic E-state index is -0.182. The predicted octanol–water partition coefficient (Wildman–Crippen LogP) is 4.85. The molecule has 2 heterocycles. The molecule has 0 spiro atoms. The summed E-state index contributed by atoms with van der Waals surface area (Å²) in [6, 6.07) is 19.2. The van der Waals surface area contributed by atoms with E-state index in [0.29, 0.717) is 23.5 Å². The Morgan fingerprint density at radius 3 is 2.52 bits per heavy atom. The normalized spacial score (nSPS) is 10.9. The Balaban J connectivity index is 1.64. The number of carbonyl (C=O) groups excluding carboxylic acids is 1. The van der Waals surface area contributed by atoms with Gasteiger partial charge in [-0.3, -0.25) is 4.79 Å². The monoisotopic (exact) mass is 360 g/mol. The summed E-state index contributed by atoms with van der Waals surface area (Å²) in [4.78, 5) is 12.9. The Hall–Kier alpha value is -3.47. The van der Waals surface area contributed by atoms with E-state index in [9.17, 15) is 4.79 Å². The Labute approximate surface area is 157 Å². The van der Waals surface area contributed by atoms with E-state index >= 15 is 0 Å². The van der Waals surface area contributed by atoms with E-state index < -0.39 is 0 Å². The number of benzene rings is 2. The van der Waals surface area contributed by atoms with Crippen LogP contribution in [-0.4, -0.2) is 17.6 Å². The fourth-order valence-corrected chi connectivity index (χ4v) is 3.08. The largest absolute Gasteiger partial charge is 0.497 e. The van der Waals surface area contributed by atoms with Crippen molar-refractivity contribution in [2.75, 3.05) is 12.4 Å². The molecule has 2 aromatic carbocycles. The van der Waals surface area contributed by atoms with Gasteiger partial charge in [0.1, 0.15) is 11.4 Å². The molecule has 2 aromatic heterocycles. The van der Waals surface area contributed by atoms with E-state index in [1.54, 1.807) is 19.4 Å². The minimum Gasteiger partial charge on any atom is -0.497 e. The molecule has 5 nitrogen and oxygen atoms in total. The summed E-state index contributed by atoms with van der Waals surface area (Å²) in [5, 5.41) is 2.94. The average molecular weight is 360 g/mol. The third kappa shape index (κ3) is 3.44. The van der Waals surface area contributed by atoms with Gasteiger partial charge in [-0.1, -0.05) is 29.8 Å². The molecule has 0 saturated carbocycles. The van der Waals surface area contributed by atoms with Crippen LogP contribution >= 0.6 is 0 Å². The van der Waals surface area contributed by atoms with Crippen molar-refractivity contribution in [2.24, 2.45) is 0 Å². The SMILES string of the molecule is COc1ccc(NC(=O)c2cc3occc3n2Cc2ccc(C)cc2)cc1. The highest BCUT2D eigenvalue weighted by atomic mass is 16.5. The summed E-state index contributed by atoms with van der Waals surface area (Å²) in [6.07, 6.45) is 1.64. The van der Waals surface area contributed by atoms with Crippen LogP contribution in [0.2, 0.25) is 0 Å². The van der Waals surface area contributed by atoms with Gasteiger partial charge in [-0.15, -0.1) is 0 Å². The first-order chi connectivity index (χ1) is 13.1. The van der Waals surface area contributed by atoms with E-state index in [4.69, 9.17) is 9.15 Å². The van der Waals surface area contributed by atoms with E-state index in [1.807, 2.05) is 34.9 Å². The third-order valence-electron chi connectivity index (χ3n) is 4.56. The van der Waals surface area contributed by atoms with Crippen LogP contribution in [0.5, 0.6) is 5.75 Å². The van der Waals surface area contributed by atoms with Gasteiger partial charge in [0.2, 0.25) is 0 Å². The second-order valence-corrected chi connectivity index (χ2v) is 6.45. The van der Waals surface area contributed by atoms with E-state index in [2.05, 4.69) is 36.5 Å². The van der Waals surface area contributed by atoms with Crippen molar-refractivity contribution in [3.63, 3.8) is 0 Å². The first-order valence-corrected chi connectivity index (χ1v) is 8.72. The van der Waals surface area contributed by atoms with E-state index in [0.717, 1.165) is 16.8 Å². The number of amides is 1. The maximum atomic E-state index is 12.9. The van der Waals surface area contributed by atoms with Crippen LogP contribution in [0.4, 0.5) is 5.69 Å². The lowest BCUT2D eigenvalue weighted by molar-refractivity contribution is 0.101. The smallest absolute Gasteiger partial charge is 0.272 e. The number of nitrogens with one attached hydrogen (secondary N) is 1. The molecule has 136 valence electrons. The number of aryl methyl sites for hydroxylation is 1. The molecule has 1 amide bonds. The summed E-state index contributed by atoms with van der Waals surface area (Å²) < 4.78 is 12.6. The molecule has 0 aliphatic carbocycles. The second kappa shape index (κ2) is 7.03. The van der Waals surface area contributed by atoms with Gasteiger partial charge in [0.15, 0.2) is 5.58 Å². The third-order valence-corrected chi connectivity index (χ3v) is 4.56. The van der Waals surface area contributed by atoms with Gasteiger partial charge in [0.25, 0.3) is 5.91 Å². The van der Waals surface area contributed by atoms with Gasteiger partial charge in [-0.05, 0) is 36.8 Å². The lowest BCUT2D eigenvalue weighted by Crippen LogP contribution is -2.17. The number of nitrogens with zero attached hydrogens (tertiary/aromatic N) is 1. The zero-order chi connectivity index (χ0) is 18.8. The van der Waals surface area contributed by atoms with E-state index in [1.165, 1.54) is 5.56 Å². The molecule has 5 heteroatoms. The van der Waals surface area contributed by atoms with Crippen molar-refractivity contribution >= 4 is 22.7 Å². The number of hydrogen-bond acceptors (Lipinski definition) is 3. The van der Waals surface area contributed by atoms with Gasteiger partial charge >= 0.3 is 0 Å². The first kappa shape index (κ1) is 17.0. The molecule has 1 N–H and O–H groups in total. The molecule has 0 radical (unpaired) electrons. The maximum Gasteiger partial charge on any atom is 0.272 e. The van der Waals surface area contributed by atoms with E-state index in [-0.39, 0.29) is 5.91 Å². The van der Waals surface area contributed by atoms with Crippen LogP contribution in [0.1, 0.15) is 21.6 Å². The molecular formula is C22H20N2O3. The zero-order valence-corrected chi connectivity index (χ0v) is 15.2. The van der Waals surface area contributed by atoms with Gasteiger partial charge < -0.3 is 19.0 Å². The summed E-state index contributed by atoms with van der Waals surface area (Å²) in [5.74, 6) is 0.562. The van der Waals surface area contributed by atoms with Gasteiger partial charge in [-0.25, -0.2) is 0 Å². The lowest BCUT2D eigenvalue weighted by atomic mass is 10.1. The molecule has 0 bridgehead atoms. The Morgan fingerprint density at radius 1 is 1.07 bits per heavy atom. The van der Waals surface area contributed by atoms with Crippen molar-refractivity contribution in [1.29, 1.82) is 0 Å². The number of rotatable bonds is 5. The van der Waals surface area contributed by atoms with Crippen LogP contribution in [0.25, 0.3) is 11.1 Å². The first-order valence-electron chi connectivity index (χ1n) is 8.72. The fourth-order valence-electron chi connectivity index (χ4n) is 3.08. The number of methoxy groups -OCH3 is 1. The van der Waals surface area contributed by atoms with Crippen molar-refractivity contribution in [3.05, 3.63) is 83.7 Å². The fraction of sp³-hybridized carbons (Fsp3) is 0.136. The second-order valence-electron chi connectivity index (χ2n) is 6.45. The minimum absolute atomic E-state index is 0.182. The van der Waals surface area contributed by atoms with Crippen molar-refractivity contribution in [1.82, 2.24) is 4.57 Å². The highest BCUT2D eigenvalue weighted by Crippen LogP contribution is 2.24. The Kier molecular flexibility index (Phi) is 4.42. The molecule has 27 heavy (non-hydrogen) atoms. The highest BCUT2D eigenvalue weighted by Gasteiger charge is 2.18. The number of anilines is 1. The van der Waals surface area contributed by atoms with Crippen molar-refractivity contribution in [2.45, 2.75) is 13.5 Å². The summed E-state index contributed by atoms with van der Waals surface area (Å²) in [6.45, 7) is 2.65. The number of aromatic nitrogens is 1. The van der Waals surface area contributed by atoms with Crippen molar-refractivity contribution in [3.8, 4) is 5.75 Å². The van der Waals surface area contributed by atoms with Gasteiger partial charge in [0, 0.05) is 24.4 Å². The molecule has 4 aromatic rings. The number of fused-ring (bicyclic) bond motifs is 1. The number of carbonyl (C=O) groups is 1. The molecule has 0 unspecified atom stereocenters. The number of ether oxygens (including phenoxy) is 1. The molecule has 0 saturated heterocycles. The van der Waals surface area contributed by atoms with Crippen LogP contribution < -0.4 is 10.1 Å². The number of furan rings is 1. The quantitative estimate of drug-likeness (QED) is 0.553. The van der Waals surface area contributed by atoms with Gasteiger partial charge in [-0.2, -0.15) is 0 Å². The molecule has 4 rings (SSSR count). The standard InChI is InChI=1S/C22H20N2O3/c1-15-3-5-16(6-4-15)14-24-19-11-12-27-21(19)13-20(24)22(25)23-17-7-9-18(26-2)10-8-17/h3-13H,14H2,1-2H3,(H,23,25). The summed E-state index contributed by atoms with van der Waals surface area (Å²) in [5.41, 5.74) is 5.19. The molecule has 0 atom stereocenters. The summed E-state index contributed by atoms with van der Waals surface area (Å²) >= 11 is 0. The molecule has 0 aliphatic rings. The van der Waals surface area contributed by atoms with Crippen molar-refractivity contribution < 1.29 is 13.9 Å². The Morgan fingerprint density at radius 2 is 1.81 bits per heavy atom. The predicted molar refractivity (Wildman–Crippen MR) is 105 cm³/mol. The maximum absolute atomic E-state index is 12.9. The van der Waals surface area contributed by atoms with Gasteiger partial charge in [0.05, 0.1) is 18.9 Å². The van der Waals surface area contributed by atoms with Crippen LogP contribution in [-0.2, 0) is 6.54 Å². The molecule has 0 aliphatic heterocycles. The topological polar surface area (TPSA) is 56.4 Å².